The lowest BCUT2D eigenvalue weighted by Crippen LogP contribution is -2.29. The zero-order chi connectivity index (χ0) is 26.2. The third-order valence-corrected chi connectivity index (χ3v) is 5.38. The molecule has 0 saturated carbocycles. The zero-order valence-corrected chi connectivity index (χ0v) is 22.4. The van der Waals surface area contributed by atoms with Crippen molar-refractivity contribution in [1.29, 1.82) is 0 Å². The minimum atomic E-state index is -0.408. The lowest BCUT2D eigenvalue weighted by molar-refractivity contribution is -0.116. The van der Waals surface area contributed by atoms with Crippen LogP contribution in [-0.2, 0) is 11.3 Å². The number of rotatable bonds is 10. The molecule has 6 nitrogen and oxygen atoms in total. The maximum absolute atomic E-state index is 11.4. The van der Waals surface area contributed by atoms with Gasteiger partial charge < -0.3 is 19.6 Å². The van der Waals surface area contributed by atoms with E-state index in [0.717, 1.165) is 34.0 Å². The third-order valence-electron chi connectivity index (χ3n) is 5.38. The first-order valence-electron chi connectivity index (χ1n) is 12.1. The van der Waals surface area contributed by atoms with E-state index < -0.39 is 5.41 Å². The number of carbonyl (C=O) groups excluding carboxylic acids is 1. The van der Waals surface area contributed by atoms with Crippen molar-refractivity contribution in [2.45, 2.75) is 61.4 Å². The van der Waals surface area contributed by atoms with Crippen LogP contribution in [0.25, 0.3) is 10.9 Å². The Hall–Kier alpha value is -3.09. The number of nitrogens with zero attached hydrogens (tertiary/aromatic N) is 2. The number of hydrogen-bond acceptors (Lipinski definition) is 6. The van der Waals surface area contributed by atoms with Gasteiger partial charge in [-0.25, -0.2) is 9.97 Å². The second kappa shape index (κ2) is 12.1. The van der Waals surface area contributed by atoms with Crippen molar-refractivity contribution in [3.8, 4) is 11.5 Å². The number of anilines is 1. The summed E-state index contributed by atoms with van der Waals surface area (Å²) in [6.45, 7) is 15.0. The number of benzene rings is 2. The number of methoxy groups -OCH3 is 1. The highest BCUT2D eigenvalue weighted by Crippen LogP contribution is 2.37. The molecule has 0 aliphatic rings. The molecule has 0 amide bonds. The van der Waals surface area contributed by atoms with Crippen LogP contribution in [0.2, 0.25) is 0 Å². The lowest BCUT2D eigenvalue weighted by Gasteiger charge is -2.31. The predicted molar refractivity (Wildman–Crippen MR) is 145 cm³/mol. The fraction of sp³-hybridized carbons (Fsp3) is 0.464. The van der Waals surface area contributed by atoms with Crippen LogP contribution in [0.5, 0.6) is 11.5 Å². The van der Waals surface area contributed by atoms with Crippen LogP contribution in [0, 0.1) is 17.8 Å². The summed E-state index contributed by atoms with van der Waals surface area (Å²) in [7, 11) is 7.51. The van der Waals surface area contributed by atoms with E-state index >= 15 is 0 Å². The third kappa shape index (κ3) is 7.98. The second-order valence-corrected chi connectivity index (χ2v) is 9.97. The Labute approximate surface area is 211 Å². The standard InChI is InChI=1S/C26H32BN3O3.C2H6/c1-17-29-21-12-23(33-16-26(4,5)14-25(2,3)15-31)22(32-6)11-20(21)24(30-17)28-13-18-8-7-9-19(27)10-18;1-2/h7-12,15H,13-14,16H2,1-6H3,(H,28,29,30);1-2H3. The van der Waals surface area contributed by atoms with Crippen molar-refractivity contribution >= 4 is 36.3 Å². The molecule has 186 valence electrons. The molecule has 1 heterocycles. The zero-order valence-electron chi connectivity index (χ0n) is 22.4. The van der Waals surface area contributed by atoms with Crippen molar-refractivity contribution < 1.29 is 14.3 Å². The molecule has 7 heteroatoms. The summed E-state index contributed by atoms with van der Waals surface area (Å²) < 4.78 is 11.8. The van der Waals surface area contributed by atoms with E-state index in [2.05, 4.69) is 29.1 Å². The van der Waals surface area contributed by atoms with E-state index in [-0.39, 0.29) is 5.41 Å². The maximum Gasteiger partial charge on any atom is 0.163 e. The van der Waals surface area contributed by atoms with E-state index in [0.29, 0.717) is 36.9 Å². The fourth-order valence-electron chi connectivity index (χ4n) is 4.15. The van der Waals surface area contributed by atoms with Gasteiger partial charge in [0.2, 0.25) is 0 Å². The quantitative estimate of drug-likeness (QED) is 0.313. The highest BCUT2D eigenvalue weighted by molar-refractivity contribution is 6.32. The summed E-state index contributed by atoms with van der Waals surface area (Å²) in [6.07, 6.45) is 1.71. The minimum absolute atomic E-state index is 0.198. The van der Waals surface area contributed by atoms with Gasteiger partial charge in [0.15, 0.2) is 11.5 Å². The van der Waals surface area contributed by atoms with Gasteiger partial charge in [0.25, 0.3) is 0 Å². The van der Waals surface area contributed by atoms with Crippen molar-refractivity contribution in [1.82, 2.24) is 9.97 Å². The summed E-state index contributed by atoms with van der Waals surface area (Å²) in [6, 6.07) is 11.5. The molecular weight excluding hydrogens is 437 g/mol. The molecule has 0 saturated heterocycles. The average Bonchev–Trinajstić information content (AvgIpc) is 2.81. The van der Waals surface area contributed by atoms with Gasteiger partial charge in [-0.1, -0.05) is 71.3 Å². The largest absolute Gasteiger partial charge is 0.493 e. The molecule has 0 unspecified atom stereocenters. The lowest BCUT2D eigenvalue weighted by atomic mass is 9.76. The number of aromatic nitrogens is 2. The Balaban J connectivity index is 0.00000210. The molecule has 0 atom stereocenters. The Kier molecular flexibility index (Phi) is 9.69. The molecule has 0 aliphatic heterocycles. The Morgan fingerprint density at radius 3 is 2.40 bits per heavy atom. The van der Waals surface area contributed by atoms with Gasteiger partial charge in [-0.15, -0.1) is 0 Å². The topological polar surface area (TPSA) is 73.3 Å². The van der Waals surface area contributed by atoms with Crippen molar-refractivity contribution in [3.63, 3.8) is 0 Å². The number of aldehydes is 1. The van der Waals surface area contributed by atoms with Crippen LogP contribution in [0.3, 0.4) is 0 Å². The number of fused-ring (bicyclic) bond motifs is 1. The van der Waals surface area contributed by atoms with E-state index in [4.69, 9.17) is 17.3 Å². The van der Waals surface area contributed by atoms with Gasteiger partial charge in [-0.2, -0.15) is 0 Å². The predicted octanol–water partition coefficient (Wildman–Crippen LogP) is 5.40. The first-order chi connectivity index (χ1) is 16.5. The van der Waals surface area contributed by atoms with Crippen molar-refractivity contribution in [2.75, 3.05) is 19.0 Å². The fourth-order valence-corrected chi connectivity index (χ4v) is 4.15. The summed E-state index contributed by atoms with van der Waals surface area (Å²) in [5, 5.41) is 4.24. The van der Waals surface area contributed by atoms with Gasteiger partial charge in [-0.05, 0) is 30.4 Å². The van der Waals surface area contributed by atoms with E-state index in [1.54, 1.807) is 7.11 Å². The molecule has 0 bridgehead atoms. The molecule has 0 fully saturated rings. The van der Waals surface area contributed by atoms with E-state index in [1.807, 2.05) is 71.0 Å². The van der Waals surface area contributed by atoms with E-state index in [1.165, 1.54) is 0 Å². The molecule has 2 radical (unpaired) electrons. The Bertz CT molecular complexity index is 1150. The van der Waals surface area contributed by atoms with Crippen molar-refractivity contribution in [3.05, 3.63) is 47.8 Å². The molecule has 1 aromatic heterocycles. The molecule has 35 heavy (non-hydrogen) atoms. The molecule has 0 spiro atoms. The van der Waals surface area contributed by atoms with Gasteiger partial charge in [0, 0.05) is 23.4 Å². The number of nitrogens with one attached hydrogen (secondary N) is 1. The number of carbonyl (C=O) groups is 1. The summed E-state index contributed by atoms with van der Waals surface area (Å²) >= 11 is 0. The monoisotopic (exact) mass is 475 g/mol. The summed E-state index contributed by atoms with van der Waals surface area (Å²) in [4.78, 5) is 20.6. The first kappa shape index (κ1) is 28.2. The van der Waals surface area contributed by atoms with E-state index in [9.17, 15) is 4.79 Å². The summed E-state index contributed by atoms with van der Waals surface area (Å²) in [5.74, 6) is 2.59. The van der Waals surface area contributed by atoms with Crippen LogP contribution in [0.1, 0.15) is 59.4 Å². The molecule has 3 aromatic rings. The van der Waals surface area contributed by atoms with Gasteiger partial charge >= 0.3 is 0 Å². The van der Waals surface area contributed by atoms with Crippen LogP contribution in [0.4, 0.5) is 5.82 Å². The Morgan fingerprint density at radius 2 is 1.77 bits per heavy atom. The van der Waals surface area contributed by atoms with Crippen LogP contribution in [0.15, 0.2) is 36.4 Å². The van der Waals surface area contributed by atoms with Crippen LogP contribution >= 0.6 is 0 Å². The normalized spacial score (nSPS) is 11.4. The molecule has 2 aromatic carbocycles. The summed E-state index contributed by atoms with van der Waals surface area (Å²) in [5.41, 5.74) is 1.94. The second-order valence-electron chi connectivity index (χ2n) is 9.97. The van der Waals surface area contributed by atoms with Gasteiger partial charge in [0.05, 0.1) is 19.2 Å². The van der Waals surface area contributed by atoms with Gasteiger partial charge in [0.1, 0.15) is 25.8 Å². The van der Waals surface area contributed by atoms with Gasteiger partial charge in [-0.3, -0.25) is 0 Å². The number of ether oxygens (including phenoxy) is 2. The average molecular weight is 475 g/mol. The smallest absolute Gasteiger partial charge is 0.163 e. The molecule has 0 aliphatic carbocycles. The number of aryl methyl sites for hydroxylation is 1. The highest BCUT2D eigenvalue weighted by atomic mass is 16.5. The molecular formula is C28H38BN3O3. The maximum atomic E-state index is 11.4. The SMILES string of the molecule is CC.[B]c1cccc(CNc2nc(C)nc3cc(OCC(C)(C)CC(C)(C)C=O)c(OC)cc23)c1. The highest BCUT2D eigenvalue weighted by Gasteiger charge is 2.29. The Morgan fingerprint density at radius 1 is 1.06 bits per heavy atom. The molecule has 3 rings (SSSR count). The first-order valence-corrected chi connectivity index (χ1v) is 12.1. The van der Waals surface area contributed by atoms with Crippen LogP contribution in [-0.4, -0.2) is 37.8 Å². The minimum Gasteiger partial charge on any atom is -0.493 e. The molecule has 1 N–H and O–H groups in total. The number of hydrogen-bond donors (Lipinski definition) is 1. The van der Waals surface area contributed by atoms with Crippen LogP contribution < -0.4 is 20.3 Å². The van der Waals surface area contributed by atoms with Crippen molar-refractivity contribution in [2.24, 2.45) is 10.8 Å².